The van der Waals surface area contributed by atoms with Crippen molar-refractivity contribution in [3.63, 3.8) is 0 Å². The van der Waals surface area contributed by atoms with Crippen molar-refractivity contribution < 1.29 is 31.6 Å². The average molecular weight is 759 g/mol. The number of alkyl halides is 3. The minimum absolute atomic E-state index is 0.0262. The second-order valence-corrected chi connectivity index (χ2v) is 15.5. The van der Waals surface area contributed by atoms with Crippen LogP contribution in [0.2, 0.25) is 0 Å². The smallest absolute Gasteiger partial charge is 0.417 e. The summed E-state index contributed by atoms with van der Waals surface area (Å²) in [5.74, 6) is -0.892. The molecule has 290 valence electrons. The first-order chi connectivity index (χ1) is 26.3. The first-order valence-corrected chi connectivity index (χ1v) is 19.2. The van der Waals surface area contributed by atoms with E-state index in [0.717, 1.165) is 92.8 Å². The van der Waals surface area contributed by atoms with Crippen LogP contribution in [0.1, 0.15) is 95.3 Å². The maximum absolute atomic E-state index is 15.0. The number of carbonyl (C=O) groups is 2. The van der Waals surface area contributed by atoms with Gasteiger partial charge >= 0.3 is 11.8 Å². The van der Waals surface area contributed by atoms with Gasteiger partial charge in [0.15, 0.2) is 5.78 Å². The van der Waals surface area contributed by atoms with Crippen LogP contribution in [-0.4, -0.2) is 78.6 Å². The van der Waals surface area contributed by atoms with Crippen molar-refractivity contribution >= 4 is 34.1 Å². The number of amides is 1. The summed E-state index contributed by atoms with van der Waals surface area (Å²) in [7, 11) is 0. The van der Waals surface area contributed by atoms with Crippen LogP contribution in [-0.2, 0) is 19.0 Å². The molecule has 1 fully saturated rings. The Morgan fingerprint density at radius 3 is 2.33 bits per heavy atom. The lowest BCUT2D eigenvalue weighted by atomic mass is 9.85. The maximum atomic E-state index is 15.0. The SMILES string of the molecule is CC1(C)CCc2cc3c(C(F)(F)F)cc(=O)oc3cc2N1CCCCCCCN1CCN(C(=O)c2cc(CC3=NCC(=O)c4ccccc43)ccc2F)CC1. The molecule has 0 spiro atoms. The Morgan fingerprint density at radius 1 is 0.873 bits per heavy atom. The number of hydrogen-bond acceptors (Lipinski definition) is 7. The van der Waals surface area contributed by atoms with Crippen molar-refractivity contribution in [2.45, 2.75) is 76.9 Å². The summed E-state index contributed by atoms with van der Waals surface area (Å²) >= 11 is 0. The molecule has 0 saturated carbocycles. The van der Waals surface area contributed by atoms with Crippen LogP contribution < -0.4 is 10.5 Å². The van der Waals surface area contributed by atoms with Crippen molar-refractivity contribution in [2.24, 2.45) is 4.99 Å². The first kappa shape index (κ1) is 38.4. The van der Waals surface area contributed by atoms with Crippen LogP contribution >= 0.6 is 0 Å². The Bertz CT molecular complexity index is 2190. The monoisotopic (exact) mass is 758 g/mol. The minimum atomic E-state index is -4.65. The molecule has 8 nitrogen and oxygen atoms in total. The molecule has 0 atom stereocenters. The highest BCUT2D eigenvalue weighted by Crippen LogP contribution is 2.42. The van der Waals surface area contributed by atoms with Crippen LogP contribution in [0, 0.1) is 5.82 Å². The van der Waals surface area contributed by atoms with Crippen molar-refractivity contribution in [1.29, 1.82) is 0 Å². The van der Waals surface area contributed by atoms with Gasteiger partial charge in [0, 0.05) is 84.7 Å². The van der Waals surface area contributed by atoms with Crippen molar-refractivity contribution in [3.8, 4) is 0 Å². The van der Waals surface area contributed by atoms with Crippen molar-refractivity contribution in [3.05, 3.63) is 110 Å². The number of carbonyl (C=O) groups excluding carboxylic acids is 2. The Hall–Kier alpha value is -4.84. The number of halogens is 4. The third kappa shape index (κ3) is 8.39. The number of rotatable bonds is 11. The summed E-state index contributed by atoms with van der Waals surface area (Å²) in [6.45, 7) is 8.51. The second-order valence-electron chi connectivity index (χ2n) is 15.5. The fraction of sp³-hybridized carbons (Fsp3) is 0.442. The Kier molecular flexibility index (Phi) is 11.0. The maximum Gasteiger partial charge on any atom is 0.417 e. The molecule has 12 heteroatoms. The zero-order valence-electron chi connectivity index (χ0n) is 31.3. The fourth-order valence-electron chi connectivity index (χ4n) is 8.24. The normalized spacial score (nSPS) is 17.3. The predicted octanol–water partition coefficient (Wildman–Crippen LogP) is 8.12. The van der Waals surface area contributed by atoms with Crippen molar-refractivity contribution in [1.82, 2.24) is 9.80 Å². The van der Waals surface area contributed by atoms with Gasteiger partial charge in [-0.15, -0.1) is 0 Å². The number of Topliss-reactive ketones (excluding diaryl/α,β-unsaturated/α-hetero) is 1. The van der Waals surface area contributed by atoms with Gasteiger partial charge < -0.3 is 14.2 Å². The quantitative estimate of drug-likeness (QED) is 0.0873. The standard InChI is InChI=1S/C43H46F4N4O4/c1-42(2)15-14-29-24-32-34(43(45,46)47)25-40(53)55-39(32)26-37(29)51(42)17-9-5-3-4-8-16-49-18-20-50(21-19-49)41(54)33-22-28(12-13-35(33)44)23-36-30-10-6-7-11-31(30)38(52)27-48-36/h6-7,10-13,22,24-26H,3-5,8-9,14-21,23,27H2,1-2H3. The van der Waals surface area contributed by atoms with Gasteiger partial charge in [-0.1, -0.05) is 49.6 Å². The van der Waals surface area contributed by atoms with Crippen LogP contribution in [0.15, 0.2) is 74.9 Å². The summed E-state index contributed by atoms with van der Waals surface area (Å²) < 4.78 is 61.4. The fourth-order valence-corrected chi connectivity index (χ4v) is 8.24. The van der Waals surface area contributed by atoms with Crippen molar-refractivity contribution in [2.75, 3.05) is 50.7 Å². The summed E-state index contributed by atoms with van der Waals surface area (Å²) in [4.78, 5) is 48.5. The summed E-state index contributed by atoms with van der Waals surface area (Å²) in [5, 5.41) is -0.0771. The number of aryl methyl sites for hydroxylation is 1. The number of fused-ring (bicyclic) bond motifs is 3. The predicted molar refractivity (Wildman–Crippen MR) is 205 cm³/mol. The van der Waals surface area contributed by atoms with Gasteiger partial charge in [0.1, 0.15) is 17.9 Å². The third-order valence-electron chi connectivity index (χ3n) is 11.4. The molecular weight excluding hydrogens is 712 g/mol. The molecule has 4 aromatic rings. The molecule has 0 bridgehead atoms. The van der Waals surface area contributed by atoms with Gasteiger partial charge in [-0.25, -0.2) is 9.18 Å². The van der Waals surface area contributed by atoms with E-state index >= 15 is 0 Å². The van der Waals surface area contributed by atoms with E-state index in [1.165, 1.54) is 6.07 Å². The van der Waals surface area contributed by atoms with Gasteiger partial charge in [0.2, 0.25) is 0 Å². The molecule has 0 aliphatic carbocycles. The molecular formula is C43H46F4N4O4. The zero-order chi connectivity index (χ0) is 38.9. The van der Waals surface area contributed by atoms with E-state index in [4.69, 9.17) is 4.42 Å². The van der Waals surface area contributed by atoms with Crippen LogP contribution in [0.4, 0.5) is 23.2 Å². The lowest BCUT2D eigenvalue weighted by Gasteiger charge is -2.45. The molecule has 1 aromatic heterocycles. The summed E-state index contributed by atoms with van der Waals surface area (Å²) in [6.07, 6.45) is 2.25. The summed E-state index contributed by atoms with van der Waals surface area (Å²) in [5.41, 5.74) is 2.46. The molecule has 3 aliphatic rings. The minimum Gasteiger partial charge on any atom is -0.423 e. The number of anilines is 1. The van der Waals surface area contributed by atoms with Gasteiger partial charge in [0.05, 0.1) is 11.1 Å². The Labute approximate surface area is 317 Å². The van der Waals surface area contributed by atoms with E-state index in [1.807, 2.05) is 18.2 Å². The average Bonchev–Trinajstić information content (AvgIpc) is 3.15. The Balaban J connectivity index is 0.862. The molecule has 3 aliphatic heterocycles. The molecule has 3 aromatic carbocycles. The van der Waals surface area contributed by atoms with E-state index in [-0.39, 0.29) is 40.3 Å². The molecule has 1 amide bonds. The lowest BCUT2D eigenvalue weighted by Crippen LogP contribution is -2.49. The van der Waals surface area contributed by atoms with E-state index in [0.29, 0.717) is 37.6 Å². The number of unbranched alkanes of at least 4 members (excludes halogenated alkanes) is 4. The first-order valence-electron chi connectivity index (χ1n) is 19.2. The number of benzene rings is 3. The Morgan fingerprint density at radius 2 is 1.58 bits per heavy atom. The van der Waals surface area contributed by atoms with Crippen LogP contribution in [0.3, 0.4) is 0 Å². The van der Waals surface area contributed by atoms with E-state index in [2.05, 4.69) is 28.6 Å². The molecule has 0 radical (unpaired) electrons. The van der Waals surface area contributed by atoms with Gasteiger partial charge in [-0.2, -0.15) is 13.2 Å². The van der Waals surface area contributed by atoms with Gasteiger partial charge in [-0.05, 0) is 75.4 Å². The van der Waals surface area contributed by atoms with Gasteiger partial charge in [-0.3, -0.25) is 19.5 Å². The highest BCUT2D eigenvalue weighted by atomic mass is 19.4. The largest absolute Gasteiger partial charge is 0.423 e. The van der Waals surface area contributed by atoms with Crippen LogP contribution in [0.25, 0.3) is 11.0 Å². The molecule has 4 heterocycles. The second kappa shape index (κ2) is 15.7. The molecule has 55 heavy (non-hydrogen) atoms. The molecule has 0 N–H and O–H groups in total. The van der Waals surface area contributed by atoms with Gasteiger partial charge in [0.25, 0.3) is 5.91 Å². The number of aliphatic imine (C=N–C) groups is 1. The third-order valence-corrected chi connectivity index (χ3v) is 11.4. The van der Waals surface area contributed by atoms with E-state index in [1.54, 1.807) is 35.2 Å². The number of piperazine rings is 1. The topological polar surface area (TPSA) is 86.4 Å². The van der Waals surface area contributed by atoms with Crippen LogP contribution in [0.5, 0.6) is 0 Å². The lowest BCUT2D eigenvalue weighted by molar-refractivity contribution is -0.136. The molecule has 1 saturated heterocycles. The zero-order valence-corrected chi connectivity index (χ0v) is 31.3. The highest BCUT2D eigenvalue weighted by Gasteiger charge is 2.37. The van der Waals surface area contributed by atoms with E-state index < -0.39 is 23.2 Å². The number of hydrogen-bond donors (Lipinski definition) is 0. The number of ketones is 1. The number of nitrogens with zero attached hydrogens (tertiary/aromatic N) is 4. The van der Waals surface area contributed by atoms with E-state index in [9.17, 15) is 31.9 Å². The highest BCUT2D eigenvalue weighted by molar-refractivity contribution is 6.15. The molecule has 0 unspecified atom stereocenters. The summed E-state index contributed by atoms with van der Waals surface area (Å²) in [6, 6.07) is 15.7. The molecule has 7 rings (SSSR count).